The van der Waals surface area contributed by atoms with Gasteiger partial charge in [0.15, 0.2) is 0 Å². The van der Waals surface area contributed by atoms with Crippen molar-refractivity contribution in [1.29, 1.82) is 0 Å². The molecule has 1 saturated carbocycles. The van der Waals surface area contributed by atoms with E-state index in [1.165, 1.54) is 6.33 Å². The quantitative estimate of drug-likeness (QED) is 0.938. The molecule has 0 bridgehead atoms. The van der Waals surface area contributed by atoms with Crippen LogP contribution in [-0.2, 0) is 4.79 Å². The van der Waals surface area contributed by atoms with Crippen LogP contribution in [0.25, 0.3) is 11.3 Å². The highest BCUT2D eigenvalue weighted by atomic mass is 35.5. The smallest absolute Gasteiger partial charge is 0.228 e. The molecule has 102 valence electrons. The van der Waals surface area contributed by atoms with Crippen molar-refractivity contribution >= 4 is 34.9 Å². The highest BCUT2D eigenvalue weighted by Gasteiger charge is 2.29. The van der Waals surface area contributed by atoms with Crippen LogP contribution in [0.1, 0.15) is 12.8 Å². The predicted octanol–water partition coefficient (Wildman–Crippen LogP) is 3.80. The largest absolute Gasteiger partial charge is 0.310 e. The lowest BCUT2D eigenvalue weighted by Crippen LogP contribution is -2.14. The Morgan fingerprint density at radius 1 is 1.15 bits per heavy atom. The Labute approximate surface area is 126 Å². The van der Waals surface area contributed by atoms with Crippen LogP contribution in [0.15, 0.2) is 30.6 Å². The first kappa shape index (κ1) is 13.3. The molecule has 1 aliphatic carbocycles. The lowest BCUT2D eigenvalue weighted by atomic mass is 10.1. The number of carbonyl (C=O) groups excluding carboxylic acids is 1. The highest BCUT2D eigenvalue weighted by Crippen LogP contribution is 2.31. The van der Waals surface area contributed by atoms with Crippen molar-refractivity contribution in [3.05, 3.63) is 40.6 Å². The molecule has 2 aromatic rings. The van der Waals surface area contributed by atoms with Crippen molar-refractivity contribution in [3.63, 3.8) is 0 Å². The summed E-state index contributed by atoms with van der Waals surface area (Å²) in [7, 11) is 0. The number of aromatic nitrogens is 2. The second-order valence-corrected chi connectivity index (χ2v) is 5.50. The van der Waals surface area contributed by atoms with Gasteiger partial charge in [0.05, 0.1) is 15.7 Å². The Hall–Kier alpha value is -1.65. The number of anilines is 1. The number of hydrogen-bond donors (Lipinski definition) is 1. The monoisotopic (exact) mass is 307 g/mol. The topological polar surface area (TPSA) is 54.9 Å². The third-order valence-corrected chi connectivity index (χ3v) is 3.82. The van der Waals surface area contributed by atoms with Gasteiger partial charge in [-0.25, -0.2) is 9.97 Å². The fraction of sp³-hybridized carbons (Fsp3) is 0.214. The molecule has 1 amide bonds. The number of halogens is 2. The number of hydrogen-bond acceptors (Lipinski definition) is 3. The first-order valence-electron chi connectivity index (χ1n) is 6.22. The van der Waals surface area contributed by atoms with E-state index in [2.05, 4.69) is 15.3 Å². The molecule has 0 aliphatic heterocycles. The number of nitrogens with zero attached hydrogens (tertiary/aromatic N) is 2. The van der Waals surface area contributed by atoms with Gasteiger partial charge in [-0.1, -0.05) is 29.3 Å². The Bertz CT molecular complexity index is 671. The van der Waals surface area contributed by atoms with E-state index < -0.39 is 0 Å². The maximum absolute atomic E-state index is 11.7. The van der Waals surface area contributed by atoms with E-state index >= 15 is 0 Å². The average molecular weight is 308 g/mol. The molecule has 1 aliphatic rings. The summed E-state index contributed by atoms with van der Waals surface area (Å²) in [6.07, 6.45) is 3.33. The average Bonchev–Trinajstić information content (AvgIpc) is 3.26. The summed E-state index contributed by atoms with van der Waals surface area (Å²) in [5.41, 5.74) is 1.51. The van der Waals surface area contributed by atoms with Gasteiger partial charge in [0, 0.05) is 17.5 Å². The normalized spacial score (nSPS) is 14.1. The number of benzene rings is 1. The predicted molar refractivity (Wildman–Crippen MR) is 78.8 cm³/mol. The molecule has 1 fully saturated rings. The van der Waals surface area contributed by atoms with E-state index in [1.54, 1.807) is 18.2 Å². The first-order chi connectivity index (χ1) is 9.63. The van der Waals surface area contributed by atoms with E-state index in [1.807, 2.05) is 6.07 Å². The van der Waals surface area contributed by atoms with Gasteiger partial charge in [-0.15, -0.1) is 0 Å². The van der Waals surface area contributed by atoms with Crippen LogP contribution in [0.2, 0.25) is 10.0 Å². The zero-order valence-corrected chi connectivity index (χ0v) is 11.9. The summed E-state index contributed by atoms with van der Waals surface area (Å²) in [4.78, 5) is 19.9. The van der Waals surface area contributed by atoms with E-state index in [0.717, 1.165) is 18.4 Å². The van der Waals surface area contributed by atoms with Crippen LogP contribution < -0.4 is 5.32 Å². The second-order valence-electron chi connectivity index (χ2n) is 4.68. The van der Waals surface area contributed by atoms with Crippen molar-refractivity contribution in [2.75, 3.05) is 5.32 Å². The van der Waals surface area contributed by atoms with E-state index in [0.29, 0.717) is 21.6 Å². The molecule has 0 atom stereocenters. The van der Waals surface area contributed by atoms with Gasteiger partial charge in [0.1, 0.15) is 12.1 Å². The van der Waals surface area contributed by atoms with Gasteiger partial charge in [0.25, 0.3) is 0 Å². The summed E-state index contributed by atoms with van der Waals surface area (Å²) in [6, 6.07) is 6.99. The van der Waals surface area contributed by atoms with E-state index in [-0.39, 0.29) is 11.8 Å². The molecule has 6 heteroatoms. The van der Waals surface area contributed by atoms with E-state index in [4.69, 9.17) is 23.2 Å². The van der Waals surface area contributed by atoms with Crippen molar-refractivity contribution in [3.8, 4) is 11.3 Å². The third kappa shape index (κ3) is 2.92. The minimum absolute atomic E-state index is 0.0174. The lowest BCUT2D eigenvalue weighted by molar-refractivity contribution is -0.117. The molecule has 0 radical (unpaired) electrons. The number of amides is 1. The molecule has 0 saturated heterocycles. The Morgan fingerprint density at radius 3 is 2.65 bits per heavy atom. The van der Waals surface area contributed by atoms with Crippen LogP contribution in [0.3, 0.4) is 0 Å². The Balaban J connectivity index is 1.86. The molecule has 0 unspecified atom stereocenters. The zero-order valence-electron chi connectivity index (χ0n) is 10.4. The standard InChI is InChI=1S/C14H11Cl2N3O/c15-10-4-3-9(5-11(10)16)12-6-13(18-7-17-12)19-14(20)8-1-2-8/h3-8H,1-2H2,(H,17,18,19,20). The van der Waals surface area contributed by atoms with Crippen LogP contribution in [-0.4, -0.2) is 15.9 Å². The lowest BCUT2D eigenvalue weighted by Gasteiger charge is -2.06. The number of rotatable bonds is 3. The number of carbonyl (C=O) groups is 1. The van der Waals surface area contributed by atoms with E-state index in [9.17, 15) is 4.79 Å². The number of nitrogens with one attached hydrogen (secondary N) is 1. The van der Waals surface area contributed by atoms with Crippen molar-refractivity contribution in [1.82, 2.24) is 9.97 Å². The minimum atomic E-state index is 0.0174. The summed E-state index contributed by atoms with van der Waals surface area (Å²) in [5.74, 6) is 0.653. The SMILES string of the molecule is O=C(Nc1cc(-c2ccc(Cl)c(Cl)c2)ncn1)C1CC1. The fourth-order valence-corrected chi connectivity index (χ4v) is 2.11. The maximum atomic E-state index is 11.7. The van der Waals surface area contributed by atoms with Crippen molar-refractivity contribution in [2.45, 2.75) is 12.8 Å². The van der Waals surface area contributed by atoms with Crippen LogP contribution in [0.5, 0.6) is 0 Å². The van der Waals surface area contributed by atoms with Crippen LogP contribution >= 0.6 is 23.2 Å². The Kier molecular flexibility index (Phi) is 3.59. The highest BCUT2D eigenvalue weighted by molar-refractivity contribution is 6.42. The van der Waals surface area contributed by atoms with Crippen molar-refractivity contribution in [2.24, 2.45) is 5.92 Å². The molecule has 1 N–H and O–H groups in total. The van der Waals surface area contributed by atoms with Gasteiger partial charge in [-0.05, 0) is 25.0 Å². The van der Waals surface area contributed by atoms with Gasteiger partial charge in [-0.3, -0.25) is 4.79 Å². The zero-order chi connectivity index (χ0) is 14.1. The molecule has 1 aromatic heterocycles. The molecular formula is C14H11Cl2N3O. The fourth-order valence-electron chi connectivity index (χ4n) is 1.81. The molecule has 1 aromatic carbocycles. The molecule has 4 nitrogen and oxygen atoms in total. The third-order valence-electron chi connectivity index (χ3n) is 3.08. The van der Waals surface area contributed by atoms with Crippen molar-refractivity contribution < 1.29 is 4.79 Å². The summed E-state index contributed by atoms with van der Waals surface area (Å²) < 4.78 is 0. The van der Waals surface area contributed by atoms with Gasteiger partial charge in [-0.2, -0.15) is 0 Å². The summed E-state index contributed by atoms with van der Waals surface area (Å²) >= 11 is 11.9. The van der Waals surface area contributed by atoms with Gasteiger partial charge in [0.2, 0.25) is 5.91 Å². The molecular weight excluding hydrogens is 297 g/mol. The maximum Gasteiger partial charge on any atom is 0.228 e. The summed E-state index contributed by atoms with van der Waals surface area (Å²) in [5, 5.41) is 3.75. The second kappa shape index (κ2) is 5.38. The minimum Gasteiger partial charge on any atom is -0.310 e. The molecule has 0 spiro atoms. The summed E-state index contributed by atoms with van der Waals surface area (Å²) in [6.45, 7) is 0. The van der Waals surface area contributed by atoms with Crippen LogP contribution in [0, 0.1) is 5.92 Å². The van der Waals surface area contributed by atoms with Gasteiger partial charge < -0.3 is 5.32 Å². The molecule has 3 rings (SSSR count). The Morgan fingerprint density at radius 2 is 1.95 bits per heavy atom. The van der Waals surface area contributed by atoms with Crippen LogP contribution in [0.4, 0.5) is 5.82 Å². The van der Waals surface area contributed by atoms with Gasteiger partial charge >= 0.3 is 0 Å². The molecule has 20 heavy (non-hydrogen) atoms. The first-order valence-corrected chi connectivity index (χ1v) is 6.97. The molecule has 1 heterocycles.